The van der Waals surface area contributed by atoms with Gasteiger partial charge in [-0.1, -0.05) is 6.92 Å². The maximum absolute atomic E-state index is 12.4. The Morgan fingerprint density at radius 2 is 2.26 bits per heavy atom. The number of likely N-dealkylation sites (tertiary alicyclic amines) is 1. The molecule has 3 heterocycles. The highest BCUT2D eigenvalue weighted by molar-refractivity contribution is 5.92. The summed E-state index contributed by atoms with van der Waals surface area (Å²) in [6.45, 7) is 7.01. The third-order valence-electron chi connectivity index (χ3n) is 4.23. The van der Waals surface area contributed by atoms with Gasteiger partial charge in [-0.2, -0.15) is 5.10 Å². The van der Waals surface area contributed by atoms with Crippen LogP contribution in [0.1, 0.15) is 60.4 Å². The van der Waals surface area contributed by atoms with E-state index in [-0.39, 0.29) is 11.9 Å². The van der Waals surface area contributed by atoms with Gasteiger partial charge in [0.2, 0.25) is 0 Å². The maximum atomic E-state index is 12.4. The highest BCUT2D eigenvalue weighted by Gasteiger charge is 2.21. The summed E-state index contributed by atoms with van der Waals surface area (Å²) in [7, 11) is 0. The van der Waals surface area contributed by atoms with Crippen molar-refractivity contribution in [3.05, 3.63) is 35.3 Å². The van der Waals surface area contributed by atoms with Crippen LogP contribution in [0.3, 0.4) is 0 Å². The van der Waals surface area contributed by atoms with E-state index in [1.165, 1.54) is 19.2 Å². The molecule has 1 fully saturated rings. The van der Waals surface area contributed by atoms with Crippen LogP contribution in [0.4, 0.5) is 0 Å². The minimum atomic E-state index is -0.248. The van der Waals surface area contributed by atoms with E-state index in [4.69, 9.17) is 4.42 Å². The second-order valence-electron chi connectivity index (χ2n) is 5.96. The third-order valence-corrected chi connectivity index (χ3v) is 4.23. The summed E-state index contributed by atoms with van der Waals surface area (Å²) in [6, 6.07) is 1.63. The van der Waals surface area contributed by atoms with Crippen molar-refractivity contribution in [3.8, 4) is 0 Å². The number of carbonyl (C=O) groups excluding carboxylic acids is 1. The normalized spacial score (nSPS) is 16.6. The lowest BCUT2D eigenvalue weighted by Gasteiger charge is -2.13. The highest BCUT2D eigenvalue weighted by atomic mass is 16.4. The van der Waals surface area contributed by atoms with Crippen molar-refractivity contribution >= 4 is 5.91 Å². The molecule has 1 atom stereocenters. The standard InChI is InChI=1S/C16H23N5O2/c1-3-13-12(9-21-6-4-5-7-21)8-14(23-13)16(22)19-11(2)15-17-10-18-20-15/h8,10-11H,3-7,9H2,1-2H3,(H,19,22)(H,17,18,20)/t11-/m1/s1. The Hall–Kier alpha value is -2.15. The van der Waals surface area contributed by atoms with Gasteiger partial charge in [0, 0.05) is 18.5 Å². The van der Waals surface area contributed by atoms with Crippen molar-refractivity contribution < 1.29 is 9.21 Å². The Morgan fingerprint density at radius 1 is 1.48 bits per heavy atom. The molecule has 0 aliphatic carbocycles. The first-order chi connectivity index (χ1) is 11.2. The molecule has 1 aliphatic rings. The molecule has 1 amide bonds. The number of hydrogen-bond donors (Lipinski definition) is 2. The molecule has 0 saturated carbocycles. The Balaban J connectivity index is 1.69. The zero-order valence-electron chi connectivity index (χ0n) is 13.6. The van der Waals surface area contributed by atoms with E-state index in [9.17, 15) is 4.79 Å². The Labute approximate surface area is 135 Å². The van der Waals surface area contributed by atoms with Crippen molar-refractivity contribution in [2.24, 2.45) is 0 Å². The first-order valence-electron chi connectivity index (χ1n) is 8.17. The SMILES string of the molecule is CCc1oc(C(=O)N[C@H](C)c2ncn[nH]2)cc1CN1CCCC1. The quantitative estimate of drug-likeness (QED) is 0.851. The second-order valence-corrected chi connectivity index (χ2v) is 5.96. The summed E-state index contributed by atoms with van der Waals surface area (Å²) in [5, 5.41) is 9.43. The van der Waals surface area contributed by atoms with Crippen LogP contribution in [0.25, 0.3) is 0 Å². The second kappa shape index (κ2) is 6.95. The molecule has 23 heavy (non-hydrogen) atoms. The van der Waals surface area contributed by atoms with Gasteiger partial charge < -0.3 is 9.73 Å². The van der Waals surface area contributed by atoms with Crippen LogP contribution >= 0.6 is 0 Å². The van der Waals surface area contributed by atoms with Crippen LogP contribution in [-0.2, 0) is 13.0 Å². The van der Waals surface area contributed by atoms with Crippen LogP contribution in [0, 0.1) is 0 Å². The molecule has 0 radical (unpaired) electrons. The van der Waals surface area contributed by atoms with Gasteiger partial charge in [0.05, 0.1) is 6.04 Å². The maximum Gasteiger partial charge on any atom is 0.287 e. The van der Waals surface area contributed by atoms with Crippen LogP contribution in [0.2, 0.25) is 0 Å². The first kappa shape index (κ1) is 15.7. The van der Waals surface area contributed by atoms with Crippen LogP contribution < -0.4 is 5.32 Å². The first-order valence-corrected chi connectivity index (χ1v) is 8.17. The van der Waals surface area contributed by atoms with Gasteiger partial charge >= 0.3 is 0 Å². The summed E-state index contributed by atoms with van der Waals surface area (Å²) in [6.07, 6.45) is 4.71. The van der Waals surface area contributed by atoms with Crippen molar-refractivity contribution in [1.82, 2.24) is 25.4 Å². The summed E-state index contributed by atoms with van der Waals surface area (Å²) >= 11 is 0. The molecule has 3 rings (SSSR count). The topological polar surface area (TPSA) is 87.0 Å². The van der Waals surface area contributed by atoms with Gasteiger partial charge in [-0.25, -0.2) is 4.98 Å². The lowest BCUT2D eigenvalue weighted by molar-refractivity contribution is 0.0908. The largest absolute Gasteiger partial charge is 0.456 e. The number of aryl methyl sites for hydroxylation is 1. The van der Waals surface area contributed by atoms with Crippen LogP contribution in [-0.4, -0.2) is 39.1 Å². The van der Waals surface area contributed by atoms with Crippen molar-refractivity contribution in [3.63, 3.8) is 0 Å². The van der Waals surface area contributed by atoms with E-state index in [1.54, 1.807) is 0 Å². The van der Waals surface area contributed by atoms with Crippen molar-refractivity contribution in [2.75, 3.05) is 13.1 Å². The molecule has 2 N–H and O–H groups in total. The average molecular weight is 317 g/mol. The number of carbonyl (C=O) groups is 1. The number of amides is 1. The number of nitrogens with zero attached hydrogens (tertiary/aromatic N) is 3. The fourth-order valence-corrected chi connectivity index (χ4v) is 2.95. The molecule has 1 saturated heterocycles. The molecule has 2 aromatic rings. The molecule has 2 aromatic heterocycles. The van der Waals surface area contributed by atoms with Gasteiger partial charge in [-0.05, 0) is 38.9 Å². The summed E-state index contributed by atoms with van der Waals surface area (Å²) in [4.78, 5) is 18.8. The van der Waals surface area contributed by atoms with Crippen LogP contribution in [0.5, 0.6) is 0 Å². The summed E-state index contributed by atoms with van der Waals surface area (Å²) in [5.74, 6) is 1.66. The summed E-state index contributed by atoms with van der Waals surface area (Å²) in [5.41, 5.74) is 1.12. The predicted molar refractivity (Wildman–Crippen MR) is 84.9 cm³/mol. The average Bonchev–Trinajstić information content (AvgIpc) is 3.29. The number of aromatic amines is 1. The van der Waals surface area contributed by atoms with E-state index in [0.717, 1.165) is 37.4 Å². The molecular formula is C16H23N5O2. The number of aromatic nitrogens is 3. The fraction of sp³-hybridized carbons (Fsp3) is 0.562. The molecule has 1 aliphatic heterocycles. The molecule has 7 heteroatoms. The van der Waals surface area contributed by atoms with Crippen molar-refractivity contribution in [1.29, 1.82) is 0 Å². The summed E-state index contributed by atoms with van der Waals surface area (Å²) < 4.78 is 5.77. The highest BCUT2D eigenvalue weighted by Crippen LogP contribution is 2.21. The lowest BCUT2D eigenvalue weighted by Crippen LogP contribution is -2.27. The van der Waals surface area contributed by atoms with E-state index >= 15 is 0 Å². The predicted octanol–water partition coefficient (Wildman–Crippen LogP) is 2.05. The van der Waals surface area contributed by atoms with E-state index in [0.29, 0.717) is 11.6 Å². The minimum Gasteiger partial charge on any atom is -0.456 e. The Kier molecular flexibility index (Phi) is 4.76. The minimum absolute atomic E-state index is 0.226. The van der Waals surface area contributed by atoms with Gasteiger partial charge in [0.15, 0.2) is 5.76 Å². The van der Waals surface area contributed by atoms with Gasteiger partial charge in [-0.15, -0.1) is 0 Å². The van der Waals surface area contributed by atoms with E-state index in [2.05, 4.69) is 25.4 Å². The van der Waals surface area contributed by atoms with Crippen molar-refractivity contribution in [2.45, 2.75) is 45.7 Å². The number of furan rings is 1. The van der Waals surface area contributed by atoms with E-state index in [1.807, 2.05) is 19.9 Å². The zero-order valence-corrected chi connectivity index (χ0v) is 13.6. The smallest absolute Gasteiger partial charge is 0.287 e. The van der Waals surface area contributed by atoms with Gasteiger partial charge in [0.25, 0.3) is 5.91 Å². The van der Waals surface area contributed by atoms with E-state index < -0.39 is 0 Å². The Morgan fingerprint density at radius 3 is 2.91 bits per heavy atom. The zero-order chi connectivity index (χ0) is 16.2. The fourth-order valence-electron chi connectivity index (χ4n) is 2.95. The van der Waals surface area contributed by atoms with Crippen LogP contribution in [0.15, 0.2) is 16.8 Å². The monoisotopic (exact) mass is 317 g/mol. The molecule has 7 nitrogen and oxygen atoms in total. The van der Waals surface area contributed by atoms with Gasteiger partial charge in [-0.3, -0.25) is 14.8 Å². The number of nitrogens with one attached hydrogen (secondary N) is 2. The molecule has 0 spiro atoms. The molecular weight excluding hydrogens is 294 g/mol. The Bertz CT molecular complexity index is 643. The molecule has 0 aromatic carbocycles. The number of H-pyrrole nitrogens is 1. The third kappa shape index (κ3) is 3.61. The number of hydrogen-bond acceptors (Lipinski definition) is 5. The molecule has 124 valence electrons. The number of rotatable bonds is 6. The van der Waals surface area contributed by atoms with Gasteiger partial charge in [0.1, 0.15) is 17.9 Å². The molecule has 0 bridgehead atoms. The lowest BCUT2D eigenvalue weighted by atomic mass is 10.2. The molecule has 0 unspecified atom stereocenters.